The zero-order valence-corrected chi connectivity index (χ0v) is 15.4. The third-order valence-electron chi connectivity index (χ3n) is 5.66. The molecule has 1 fully saturated rings. The topological polar surface area (TPSA) is 36.4 Å². The van der Waals surface area contributed by atoms with Crippen LogP contribution in [0.1, 0.15) is 62.9 Å². The van der Waals surface area contributed by atoms with Gasteiger partial charge in [0.05, 0.1) is 18.2 Å². The molecule has 1 aromatic heterocycles. The molecule has 3 nitrogen and oxygen atoms in total. The van der Waals surface area contributed by atoms with Gasteiger partial charge in [0.25, 0.3) is 0 Å². The second-order valence-electron chi connectivity index (χ2n) is 7.30. The molecule has 3 rings (SSSR count). The smallest absolute Gasteiger partial charge is 0.0754 e. The van der Waals surface area contributed by atoms with Crippen LogP contribution in [0.25, 0.3) is 10.9 Å². The molecule has 0 aliphatic carbocycles. The monoisotopic (exact) mass is 326 g/mol. The summed E-state index contributed by atoms with van der Waals surface area (Å²) >= 11 is 0. The van der Waals surface area contributed by atoms with Crippen molar-refractivity contribution in [2.24, 2.45) is 0 Å². The van der Waals surface area contributed by atoms with Crippen molar-refractivity contribution in [3.63, 3.8) is 0 Å². The van der Waals surface area contributed by atoms with Crippen LogP contribution < -0.4 is 0 Å². The average Bonchev–Trinajstić information content (AvgIpc) is 2.57. The zero-order chi connectivity index (χ0) is 17.3. The largest absolute Gasteiger partial charge is 0.394 e. The lowest BCUT2D eigenvalue weighted by Crippen LogP contribution is -2.47. The molecule has 130 valence electrons. The van der Waals surface area contributed by atoms with Gasteiger partial charge in [0, 0.05) is 23.2 Å². The SMILES string of the molecule is CCc1nc2c(C(CO)N3C(C)CCCC3C)cccc2cc1C. The molecule has 0 saturated carbocycles. The van der Waals surface area contributed by atoms with E-state index in [0.717, 1.165) is 17.6 Å². The minimum absolute atomic E-state index is 0.0268. The predicted molar refractivity (Wildman–Crippen MR) is 100 cm³/mol. The van der Waals surface area contributed by atoms with Crippen molar-refractivity contribution in [3.05, 3.63) is 41.1 Å². The Hall–Kier alpha value is -1.45. The molecule has 1 N–H and O–H groups in total. The fourth-order valence-corrected chi connectivity index (χ4v) is 4.40. The predicted octanol–water partition coefficient (Wildman–Crippen LogP) is 4.40. The van der Waals surface area contributed by atoms with Crippen LogP contribution in [-0.2, 0) is 6.42 Å². The van der Waals surface area contributed by atoms with Gasteiger partial charge in [-0.25, -0.2) is 0 Å². The van der Waals surface area contributed by atoms with E-state index in [9.17, 15) is 5.11 Å². The highest BCUT2D eigenvalue weighted by atomic mass is 16.3. The summed E-state index contributed by atoms with van der Waals surface area (Å²) in [5.74, 6) is 0. The molecule has 1 saturated heterocycles. The minimum atomic E-state index is 0.0268. The van der Waals surface area contributed by atoms with Crippen LogP contribution in [0, 0.1) is 6.92 Å². The molecule has 24 heavy (non-hydrogen) atoms. The lowest BCUT2D eigenvalue weighted by molar-refractivity contribution is 0.0255. The Kier molecular flexibility index (Phi) is 5.21. The summed E-state index contributed by atoms with van der Waals surface area (Å²) in [5.41, 5.74) is 4.64. The van der Waals surface area contributed by atoms with E-state index in [-0.39, 0.29) is 12.6 Å². The number of pyridine rings is 1. The maximum atomic E-state index is 10.2. The van der Waals surface area contributed by atoms with Crippen molar-refractivity contribution < 1.29 is 5.11 Å². The highest BCUT2D eigenvalue weighted by molar-refractivity contribution is 5.83. The zero-order valence-electron chi connectivity index (χ0n) is 15.4. The van der Waals surface area contributed by atoms with Crippen molar-refractivity contribution in [1.29, 1.82) is 0 Å². The van der Waals surface area contributed by atoms with Gasteiger partial charge in [-0.1, -0.05) is 31.5 Å². The van der Waals surface area contributed by atoms with Crippen molar-refractivity contribution in [3.8, 4) is 0 Å². The Morgan fingerprint density at radius 1 is 1.25 bits per heavy atom. The molecule has 0 bridgehead atoms. The van der Waals surface area contributed by atoms with Crippen molar-refractivity contribution >= 4 is 10.9 Å². The molecule has 0 spiro atoms. The van der Waals surface area contributed by atoms with Crippen LogP contribution in [0.15, 0.2) is 24.3 Å². The first kappa shape index (κ1) is 17.4. The van der Waals surface area contributed by atoms with Crippen LogP contribution in [0.4, 0.5) is 0 Å². The van der Waals surface area contributed by atoms with Gasteiger partial charge in [-0.05, 0) is 57.2 Å². The number of fused-ring (bicyclic) bond motifs is 1. The number of likely N-dealkylation sites (tertiary alicyclic amines) is 1. The van der Waals surface area contributed by atoms with Gasteiger partial charge in [-0.3, -0.25) is 9.88 Å². The van der Waals surface area contributed by atoms with Crippen molar-refractivity contribution in [1.82, 2.24) is 9.88 Å². The summed E-state index contributed by atoms with van der Waals surface area (Å²) in [6.45, 7) is 9.01. The Balaban J connectivity index is 2.12. The number of rotatable bonds is 4. The summed E-state index contributed by atoms with van der Waals surface area (Å²) in [6, 6.07) is 9.65. The third-order valence-corrected chi connectivity index (χ3v) is 5.66. The second kappa shape index (κ2) is 7.20. The van der Waals surface area contributed by atoms with E-state index in [1.165, 1.54) is 35.8 Å². The number of hydrogen-bond acceptors (Lipinski definition) is 3. The van der Waals surface area contributed by atoms with Crippen LogP contribution in [0.2, 0.25) is 0 Å². The summed E-state index contributed by atoms with van der Waals surface area (Å²) < 4.78 is 0. The number of aliphatic hydroxyl groups is 1. The molecule has 0 radical (unpaired) electrons. The lowest BCUT2D eigenvalue weighted by Gasteiger charge is -2.44. The first-order chi connectivity index (χ1) is 11.6. The number of benzene rings is 1. The summed E-state index contributed by atoms with van der Waals surface area (Å²) in [7, 11) is 0. The van der Waals surface area contributed by atoms with E-state index in [4.69, 9.17) is 4.98 Å². The maximum Gasteiger partial charge on any atom is 0.0754 e. The van der Waals surface area contributed by atoms with E-state index in [1.54, 1.807) is 0 Å². The van der Waals surface area contributed by atoms with Gasteiger partial charge in [0.1, 0.15) is 0 Å². The Morgan fingerprint density at radius 3 is 2.58 bits per heavy atom. The molecular weight excluding hydrogens is 296 g/mol. The van der Waals surface area contributed by atoms with Gasteiger partial charge in [0.2, 0.25) is 0 Å². The van der Waals surface area contributed by atoms with E-state index in [1.807, 2.05) is 0 Å². The Bertz CT molecular complexity index is 702. The number of para-hydroxylation sites is 1. The fraction of sp³-hybridized carbons (Fsp3) is 0.571. The molecule has 3 unspecified atom stereocenters. The second-order valence-corrected chi connectivity index (χ2v) is 7.30. The Morgan fingerprint density at radius 2 is 1.96 bits per heavy atom. The van der Waals surface area contributed by atoms with Crippen LogP contribution in [0.3, 0.4) is 0 Å². The summed E-state index contributed by atoms with van der Waals surface area (Å²) in [5, 5.41) is 11.4. The number of aromatic nitrogens is 1. The molecule has 1 aromatic carbocycles. The van der Waals surface area contributed by atoms with Crippen LogP contribution in [-0.4, -0.2) is 33.7 Å². The standard InChI is InChI=1S/C21H30N2O/c1-5-19-14(2)12-17-10-7-11-18(21(17)22-19)20(13-24)23-15(3)8-6-9-16(23)4/h7,10-12,15-16,20,24H,5-6,8-9,13H2,1-4H3. The average molecular weight is 326 g/mol. The van der Waals surface area contributed by atoms with Gasteiger partial charge < -0.3 is 5.11 Å². The number of aryl methyl sites for hydroxylation is 2. The van der Waals surface area contributed by atoms with E-state index >= 15 is 0 Å². The molecule has 1 aliphatic rings. The lowest BCUT2D eigenvalue weighted by atomic mass is 9.91. The van der Waals surface area contributed by atoms with Crippen molar-refractivity contribution in [2.75, 3.05) is 6.61 Å². The molecule has 0 amide bonds. The third kappa shape index (κ3) is 3.07. The first-order valence-electron chi connectivity index (χ1n) is 9.34. The molecular formula is C21H30N2O. The normalized spacial score (nSPS) is 23.5. The van der Waals surface area contributed by atoms with Gasteiger partial charge in [0.15, 0.2) is 0 Å². The molecule has 2 heterocycles. The highest BCUT2D eigenvalue weighted by Gasteiger charge is 2.32. The van der Waals surface area contributed by atoms with Gasteiger partial charge in [-0.2, -0.15) is 0 Å². The quantitative estimate of drug-likeness (QED) is 0.904. The number of hydrogen-bond donors (Lipinski definition) is 1. The van der Waals surface area contributed by atoms with Crippen LogP contribution >= 0.6 is 0 Å². The Labute approximate surface area is 145 Å². The molecule has 3 atom stereocenters. The van der Waals surface area contributed by atoms with Crippen molar-refractivity contribution in [2.45, 2.75) is 71.5 Å². The van der Waals surface area contributed by atoms with Crippen LogP contribution in [0.5, 0.6) is 0 Å². The highest BCUT2D eigenvalue weighted by Crippen LogP contribution is 2.35. The number of aliphatic hydroxyl groups excluding tert-OH is 1. The van der Waals surface area contributed by atoms with E-state index in [0.29, 0.717) is 12.1 Å². The van der Waals surface area contributed by atoms with Gasteiger partial charge in [-0.15, -0.1) is 0 Å². The molecule has 2 aromatic rings. The minimum Gasteiger partial charge on any atom is -0.394 e. The maximum absolute atomic E-state index is 10.2. The van der Waals surface area contributed by atoms with E-state index < -0.39 is 0 Å². The summed E-state index contributed by atoms with van der Waals surface area (Å²) in [6.07, 6.45) is 4.64. The van der Waals surface area contributed by atoms with E-state index in [2.05, 4.69) is 56.9 Å². The summed E-state index contributed by atoms with van der Waals surface area (Å²) in [4.78, 5) is 7.47. The molecule has 1 aliphatic heterocycles. The number of piperidine rings is 1. The first-order valence-corrected chi connectivity index (χ1v) is 9.34. The number of nitrogens with zero attached hydrogens (tertiary/aromatic N) is 2. The van der Waals surface area contributed by atoms with Gasteiger partial charge >= 0.3 is 0 Å². The molecule has 3 heteroatoms. The fourth-order valence-electron chi connectivity index (χ4n) is 4.40.